The first-order valence-electron chi connectivity index (χ1n) is 11.4. The maximum absolute atomic E-state index is 12.2. The highest BCUT2D eigenvalue weighted by molar-refractivity contribution is 6.49. The van der Waals surface area contributed by atoms with Crippen molar-refractivity contribution in [2.75, 3.05) is 0 Å². The molecule has 0 saturated carbocycles. The van der Waals surface area contributed by atoms with Crippen LogP contribution in [0.15, 0.2) is 94.2 Å². The molecule has 2 heterocycles. The molecule has 0 aliphatic carbocycles. The predicted molar refractivity (Wildman–Crippen MR) is 136 cm³/mol. The van der Waals surface area contributed by atoms with E-state index in [1.807, 2.05) is 24.3 Å². The van der Waals surface area contributed by atoms with Crippen LogP contribution in [0.25, 0.3) is 87.0 Å². The summed E-state index contributed by atoms with van der Waals surface area (Å²) in [6.07, 6.45) is 0. The molecule has 38 heavy (non-hydrogen) atoms. The number of benzene rings is 7. The number of hydrogen-bond donors (Lipinski definition) is 0. The van der Waals surface area contributed by atoms with E-state index in [0.717, 1.165) is 43.1 Å². The summed E-state index contributed by atoms with van der Waals surface area (Å²) in [4.78, 5) is 48.9. The summed E-state index contributed by atoms with van der Waals surface area (Å²) in [6.45, 7) is 0. The molecule has 7 aromatic carbocycles. The van der Waals surface area contributed by atoms with Crippen LogP contribution in [0.3, 0.4) is 0 Å². The van der Waals surface area contributed by atoms with Gasteiger partial charge in [-0.3, -0.25) is 0 Å². The number of fused-ring (bicyclic) bond motifs is 6. The quantitative estimate of drug-likeness (QED) is 0.195. The Morgan fingerprint density at radius 3 is 0.842 bits per heavy atom. The highest BCUT2D eigenvalue weighted by atomic mass is 16.6. The fourth-order valence-corrected chi connectivity index (χ4v) is 6.08. The first kappa shape index (κ1) is 19.5. The van der Waals surface area contributed by atoms with Gasteiger partial charge in [-0.1, -0.05) is 24.3 Å². The molecule has 0 spiro atoms. The van der Waals surface area contributed by atoms with Gasteiger partial charge in [0.15, 0.2) is 22.3 Å². The first-order chi connectivity index (χ1) is 18.5. The third-order valence-corrected chi connectivity index (χ3v) is 7.34. The van der Waals surface area contributed by atoms with E-state index in [1.54, 1.807) is 24.3 Å². The molecule has 0 bridgehead atoms. The van der Waals surface area contributed by atoms with Crippen LogP contribution < -0.4 is 23.3 Å². The normalized spacial score (nSPS) is 12.6. The van der Waals surface area contributed by atoms with E-state index in [9.17, 15) is 19.2 Å². The van der Waals surface area contributed by atoms with Crippen molar-refractivity contribution in [2.24, 2.45) is 0 Å². The highest BCUT2D eigenvalue weighted by Gasteiger charge is 2.26. The Morgan fingerprint density at radius 1 is 0.316 bits per heavy atom. The second-order valence-corrected chi connectivity index (χ2v) is 9.08. The lowest BCUT2D eigenvalue weighted by molar-refractivity contribution is 0.281. The van der Waals surface area contributed by atoms with Crippen molar-refractivity contribution < 1.29 is 26.5 Å². The zero-order chi connectivity index (χ0) is 25.4. The van der Waals surface area contributed by atoms with Gasteiger partial charge in [-0.25, -0.2) is 19.2 Å². The Balaban J connectivity index is 1.79. The molecule has 0 amide bonds. The zero-order valence-corrected chi connectivity index (χ0v) is 18.7. The molecule has 10 heteroatoms. The third-order valence-electron chi connectivity index (χ3n) is 7.34. The van der Waals surface area contributed by atoms with Crippen molar-refractivity contribution >= 4 is 87.0 Å². The van der Waals surface area contributed by atoms with Gasteiger partial charge in [-0.2, -0.15) is 0 Å². The van der Waals surface area contributed by atoms with E-state index in [4.69, 9.17) is 17.7 Å². The van der Waals surface area contributed by atoms with Crippen LogP contribution >= 0.6 is 0 Å². The van der Waals surface area contributed by atoms with Gasteiger partial charge in [0.05, 0.1) is 0 Å². The lowest BCUT2D eigenvalue weighted by Crippen LogP contribution is -2.01. The Hall–Kier alpha value is -5.64. The van der Waals surface area contributed by atoms with E-state index in [1.165, 1.54) is 0 Å². The van der Waals surface area contributed by atoms with Crippen LogP contribution in [-0.4, -0.2) is 0 Å². The maximum Gasteiger partial charge on any atom is 0.524 e. The average molecular weight is 504 g/mol. The van der Waals surface area contributed by atoms with Crippen LogP contribution in [0, 0.1) is 0 Å². The van der Waals surface area contributed by atoms with E-state index >= 15 is 0 Å². The lowest BCUT2D eigenvalue weighted by Gasteiger charge is -2.20. The van der Waals surface area contributed by atoms with Crippen molar-refractivity contribution in [3.8, 4) is 0 Å². The van der Waals surface area contributed by atoms with Crippen molar-refractivity contribution in [1.29, 1.82) is 0 Å². The predicted octanol–water partition coefficient (Wildman–Crippen LogP) is 5.35. The molecule has 0 unspecified atom stereocenters. The molecule has 0 atom stereocenters. The van der Waals surface area contributed by atoms with Crippen molar-refractivity contribution in [2.45, 2.75) is 0 Å². The van der Waals surface area contributed by atoms with E-state index in [2.05, 4.69) is 8.83 Å². The van der Waals surface area contributed by atoms with Gasteiger partial charge in [-0.15, -0.1) is 0 Å². The highest BCUT2D eigenvalue weighted by Crippen LogP contribution is 2.51. The molecular weight excluding hydrogens is 496 g/mol. The summed E-state index contributed by atoms with van der Waals surface area (Å²) < 4.78 is 31.0. The largest absolute Gasteiger partial charge is 0.524 e. The van der Waals surface area contributed by atoms with Gasteiger partial charge >= 0.3 is 23.3 Å². The van der Waals surface area contributed by atoms with Crippen LogP contribution in [0.4, 0.5) is 0 Å². The van der Waals surface area contributed by atoms with Crippen molar-refractivity contribution in [3.63, 3.8) is 0 Å². The summed E-state index contributed by atoms with van der Waals surface area (Å²) in [6, 6.07) is 14.6. The molecule has 10 nitrogen and oxygen atoms in total. The average Bonchev–Trinajstić information content (AvgIpc) is 3.15. The van der Waals surface area contributed by atoms with Crippen LogP contribution in [0.1, 0.15) is 0 Å². The summed E-state index contributed by atoms with van der Waals surface area (Å²) in [7, 11) is 0. The van der Waals surface area contributed by atoms with Crippen molar-refractivity contribution in [3.05, 3.63) is 91.0 Å². The zero-order valence-electron chi connectivity index (χ0n) is 18.7. The molecule has 9 aromatic rings. The Labute approximate surface area is 204 Å². The molecule has 0 radical (unpaired) electrons. The van der Waals surface area contributed by atoms with Crippen LogP contribution in [-0.2, 0) is 0 Å². The summed E-state index contributed by atoms with van der Waals surface area (Å²) in [5.74, 6) is -4.81. The molecular formula is C28H8O10. The van der Waals surface area contributed by atoms with E-state index in [0.29, 0.717) is 21.5 Å². The maximum atomic E-state index is 12.2. The minimum atomic E-state index is -1.20. The van der Waals surface area contributed by atoms with Gasteiger partial charge in [0.25, 0.3) is 0 Å². The SMILES string of the molecule is O=c1oc(=O)oc2c3ccc4ccc5c6oc(=O)oc(=O)oc6c6ccc7ccc(c2o1)c1c7c6c5c4c31. The Kier molecular flexibility index (Phi) is 3.18. The second kappa shape index (κ2) is 6.19. The third kappa shape index (κ3) is 2.15. The molecule has 9 rings (SSSR count). The molecule has 0 N–H and O–H groups in total. The molecule has 0 aliphatic rings. The summed E-state index contributed by atoms with van der Waals surface area (Å²) in [5, 5.41) is 8.44. The van der Waals surface area contributed by atoms with Gasteiger partial charge in [0.1, 0.15) is 0 Å². The van der Waals surface area contributed by atoms with E-state index < -0.39 is 23.3 Å². The molecule has 2 aromatic heterocycles. The standard InChI is InChI=1S/C28H8O10/c29-25-33-21-11-5-1-9-2-6-12-18-15(9)17(11)19-13(22(21)34-26(30)37-25)7-3-10-4-8-14(20(18)16(10)19)24-23(12)35-27(31)38-28(32)36-24/h1-8H. The number of rotatable bonds is 0. The van der Waals surface area contributed by atoms with Crippen LogP contribution in [0.5, 0.6) is 0 Å². The molecule has 0 aliphatic heterocycles. The fraction of sp³-hybridized carbons (Fsp3) is 0. The van der Waals surface area contributed by atoms with Crippen molar-refractivity contribution in [1.82, 2.24) is 0 Å². The van der Waals surface area contributed by atoms with Gasteiger partial charge in [0, 0.05) is 43.1 Å². The van der Waals surface area contributed by atoms with E-state index in [-0.39, 0.29) is 22.3 Å². The number of hydrogen-bond acceptors (Lipinski definition) is 10. The monoisotopic (exact) mass is 504 g/mol. The van der Waals surface area contributed by atoms with Crippen LogP contribution in [0.2, 0.25) is 0 Å². The smallest absolute Gasteiger partial charge is 0.390 e. The van der Waals surface area contributed by atoms with Gasteiger partial charge in [-0.05, 0) is 45.8 Å². The second-order valence-electron chi connectivity index (χ2n) is 9.08. The minimum Gasteiger partial charge on any atom is -0.390 e. The van der Waals surface area contributed by atoms with Gasteiger partial charge < -0.3 is 26.5 Å². The molecule has 0 saturated heterocycles. The fourth-order valence-electron chi connectivity index (χ4n) is 6.08. The molecule has 0 fully saturated rings. The first-order valence-corrected chi connectivity index (χ1v) is 11.4. The van der Waals surface area contributed by atoms with Gasteiger partial charge in [0.2, 0.25) is 0 Å². The topological polar surface area (TPSA) is 147 Å². The Bertz CT molecular complexity index is 2390. The summed E-state index contributed by atoms with van der Waals surface area (Å²) in [5.41, 5.74) is 0.225. The summed E-state index contributed by atoms with van der Waals surface area (Å²) >= 11 is 0. The molecule has 180 valence electrons. The Morgan fingerprint density at radius 2 is 0.579 bits per heavy atom. The lowest BCUT2D eigenvalue weighted by atomic mass is 9.82. The minimum absolute atomic E-state index is 0.0562.